The maximum absolute atomic E-state index is 7.42. The lowest BCUT2D eigenvalue weighted by atomic mass is 9.82. The average molecular weight is 702 g/mol. The zero-order valence-electron chi connectivity index (χ0n) is 28.6. The molecule has 0 unspecified atom stereocenters. The SMILES string of the molecule is COc1ccc(C2=N[C@@H](C(Cc3ccccc3)(Cc3ccccc3)Op3oc4ccc5ccccc5c4c4c(ccc5ccccc54)o3)CO2)cc1. The predicted molar refractivity (Wildman–Crippen MR) is 210 cm³/mol. The van der Waals surface area contributed by atoms with Crippen LogP contribution in [-0.4, -0.2) is 31.3 Å². The van der Waals surface area contributed by atoms with Gasteiger partial charge in [-0.15, -0.1) is 0 Å². The van der Waals surface area contributed by atoms with Crippen LogP contribution >= 0.6 is 8.24 Å². The van der Waals surface area contributed by atoms with Gasteiger partial charge >= 0.3 is 8.24 Å². The molecular weight excluding hydrogens is 665 g/mol. The van der Waals surface area contributed by atoms with Crippen LogP contribution < -0.4 is 9.26 Å². The van der Waals surface area contributed by atoms with Crippen LogP contribution in [0, 0.1) is 0 Å². The topological polar surface area (TPSA) is 66.3 Å². The highest BCUT2D eigenvalue weighted by molar-refractivity contribution is 7.31. The second-order valence-electron chi connectivity index (χ2n) is 13.2. The Morgan fingerprint density at radius 1 is 0.615 bits per heavy atom. The summed E-state index contributed by atoms with van der Waals surface area (Å²) in [7, 11) is -0.334. The van der Waals surface area contributed by atoms with Crippen molar-refractivity contribution in [2.45, 2.75) is 24.5 Å². The lowest BCUT2D eigenvalue weighted by Crippen LogP contribution is -2.51. The Kier molecular flexibility index (Phi) is 8.48. The van der Waals surface area contributed by atoms with Gasteiger partial charge in [0.15, 0.2) is 0 Å². The molecule has 0 amide bonds. The minimum atomic E-state index is -2.00. The number of hydrogen-bond donors (Lipinski definition) is 0. The molecule has 9 rings (SSSR count). The molecule has 0 saturated heterocycles. The molecule has 0 fully saturated rings. The van der Waals surface area contributed by atoms with Gasteiger partial charge < -0.3 is 17.9 Å². The first-order valence-corrected chi connectivity index (χ1v) is 18.6. The number of fused-ring (bicyclic) bond motifs is 7. The van der Waals surface area contributed by atoms with Crippen LogP contribution in [0.1, 0.15) is 16.7 Å². The molecule has 0 spiro atoms. The normalized spacial score (nSPS) is 14.5. The van der Waals surface area contributed by atoms with Gasteiger partial charge in [0.2, 0.25) is 5.90 Å². The maximum atomic E-state index is 7.42. The van der Waals surface area contributed by atoms with E-state index in [1.807, 2.05) is 48.5 Å². The molecule has 8 aromatic rings. The lowest BCUT2D eigenvalue weighted by molar-refractivity contribution is 0.0715. The molecule has 0 aliphatic carbocycles. The van der Waals surface area contributed by atoms with Gasteiger partial charge in [-0.25, -0.2) is 4.99 Å². The standard InChI is InChI=1S/C45H36NO5P/c1-47-36-24-20-35(21-25-36)44-46-41(30-48-44)45(28-31-12-4-2-5-13-31,29-32-14-6-3-7-15-32)51-52-49-39-26-22-33-16-8-10-18-37(33)42(39)43-38-19-11-9-17-34(38)23-27-40(43)50-52/h2-27,41H,28-30H2,1H3/t41-/m1/s1. The van der Waals surface area contributed by atoms with E-state index >= 15 is 0 Å². The van der Waals surface area contributed by atoms with Crippen LogP contribution in [0.4, 0.5) is 0 Å². The van der Waals surface area contributed by atoms with E-state index in [1.165, 1.54) is 0 Å². The maximum Gasteiger partial charge on any atom is 0.388 e. The molecule has 256 valence electrons. The second kappa shape index (κ2) is 13.7. The zero-order valence-corrected chi connectivity index (χ0v) is 29.5. The van der Waals surface area contributed by atoms with E-state index in [-0.39, 0.29) is 6.04 Å². The van der Waals surface area contributed by atoms with Crippen molar-refractivity contribution in [3.63, 3.8) is 0 Å². The third-order valence-electron chi connectivity index (χ3n) is 9.92. The lowest BCUT2D eigenvalue weighted by Gasteiger charge is -2.35. The van der Waals surface area contributed by atoms with Crippen LogP contribution in [0.25, 0.3) is 43.5 Å². The molecule has 1 aliphatic heterocycles. The van der Waals surface area contributed by atoms with E-state index in [0.717, 1.165) is 65.9 Å². The van der Waals surface area contributed by atoms with Crippen molar-refractivity contribution >= 4 is 57.6 Å². The highest BCUT2D eigenvalue weighted by atomic mass is 31.1. The monoisotopic (exact) mass is 701 g/mol. The summed E-state index contributed by atoms with van der Waals surface area (Å²) in [6, 6.07) is 53.4. The summed E-state index contributed by atoms with van der Waals surface area (Å²) in [4.78, 5) is 5.27. The highest BCUT2D eigenvalue weighted by Crippen LogP contribution is 2.44. The number of nitrogens with zero attached hydrogens (tertiary/aromatic N) is 1. The summed E-state index contributed by atoms with van der Waals surface area (Å²) in [6.45, 7) is 0.340. The Morgan fingerprint density at radius 2 is 1.13 bits per heavy atom. The van der Waals surface area contributed by atoms with Crippen molar-refractivity contribution in [3.8, 4) is 5.75 Å². The minimum Gasteiger partial charge on any atom is -0.497 e. The summed E-state index contributed by atoms with van der Waals surface area (Å²) >= 11 is 0. The number of ether oxygens (including phenoxy) is 2. The molecule has 0 N–H and O–H groups in total. The molecular formula is C45H36NO5P. The predicted octanol–water partition coefficient (Wildman–Crippen LogP) is 11.1. The third-order valence-corrected chi connectivity index (χ3v) is 11.1. The van der Waals surface area contributed by atoms with E-state index in [0.29, 0.717) is 25.3 Å². The van der Waals surface area contributed by atoms with Gasteiger partial charge in [0.1, 0.15) is 35.2 Å². The van der Waals surface area contributed by atoms with Crippen LogP contribution in [0.2, 0.25) is 0 Å². The number of hydrogen-bond acceptors (Lipinski definition) is 6. The average Bonchev–Trinajstić information content (AvgIpc) is 3.64. The summed E-state index contributed by atoms with van der Waals surface area (Å²) in [5.74, 6) is 1.35. The Morgan fingerprint density at radius 3 is 1.67 bits per heavy atom. The molecule has 7 aromatic carbocycles. The smallest absolute Gasteiger partial charge is 0.388 e. The first-order valence-electron chi connectivity index (χ1n) is 17.5. The fourth-order valence-electron chi connectivity index (χ4n) is 7.38. The van der Waals surface area contributed by atoms with Gasteiger partial charge in [-0.05, 0) is 69.1 Å². The number of rotatable bonds is 9. The third kappa shape index (κ3) is 6.11. The molecule has 2 heterocycles. The van der Waals surface area contributed by atoms with Crippen molar-refractivity contribution in [3.05, 3.63) is 174 Å². The van der Waals surface area contributed by atoms with Crippen LogP contribution in [-0.2, 0) is 17.6 Å². The number of aliphatic imine (C=N–C) groups is 1. The van der Waals surface area contributed by atoms with E-state index in [2.05, 4.69) is 109 Å². The second-order valence-corrected chi connectivity index (χ2v) is 14.2. The molecule has 7 heteroatoms. The van der Waals surface area contributed by atoms with Crippen LogP contribution in [0.15, 0.2) is 171 Å². The van der Waals surface area contributed by atoms with Crippen molar-refractivity contribution in [1.82, 2.24) is 0 Å². The summed E-state index contributed by atoms with van der Waals surface area (Å²) in [5, 5.41) is 6.44. The number of methoxy groups -OCH3 is 1. The van der Waals surface area contributed by atoms with Gasteiger partial charge in [-0.2, -0.15) is 0 Å². The molecule has 1 aliphatic rings. The Balaban J connectivity index is 1.28. The first kappa shape index (κ1) is 32.1. The fourth-order valence-corrected chi connectivity index (χ4v) is 8.66. The molecule has 1 atom stereocenters. The van der Waals surface area contributed by atoms with E-state index in [9.17, 15) is 0 Å². The van der Waals surface area contributed by atoms with Gasteiger partial charge in [-0.1, -0.05) is 121 Å². The van der Waals surface area contributed by atoms with E-state index in [1.54, 1.807) is 7.11 Å². The van der Waals surface area contributed by atoms with Crippen LogP contribution in [0.5, 0.6) is 5.75 Å². The molecule has 0 saturated carbocycles. The largest absolute Gasteiger partial charge is 0.497 e. The molecule has 52 heavy (non-hydrogen) atoms. The molecule has 0 radical (unpaired) electrons. The minimum absolute atomic E-state index is 0.340. The van der Waals surface area contributed by atoms with Crippen LogP contribution in [0.3, 0.4) is 0 Å². The molecule has 1 aromatic heterocycles. The van der Waals surface area contributed by atoms with Gasteiger partial charge in [0.05, 0.1) is 7.11 Å². The van der Waals surface area contributed by atoms with E-state index < -0.39 is 13.8 Å². The van der Waals surface area contributed by atoms with Gasteiger partial charge in [0.25, 0.3) is 0 Å². The Labute approximate surface area is 302 Å². The summed E-state index contributed by atoms with van der Waals surface area (Å²) in [5.41, 5.74) is 3.65. The summed E-state index contributed by atoms with van der Waals surface area (Å²) in [6.07, 6.45) is 1.10. The molecule has 6 nitrogen and oxygen atoms in total. The Bertz CT molecular complexity index is 2460. The Hall–Kier alpha value is -5.81. The van der Waals surface area contributed by atoms with Crippen molar-refractivity contribution in [1.29, 1.82) is 0 Å². The zero-order chi connectivity index (χ0) is 34.9. The van der Waals surface area contributed by atoms with Gasteiger partial charge in [-0.3, -0.25) is 4.52 Å². The van der Waals surface area contributed by atoms with Crippen molar-refractivity contribution in [2.24, 2.45) is 4.99 Å². The van der Waals surface area contributed by atoms with Crippen molar-refractivity contribution in [2.75, 3.05) is 13.7 Å². The highest BCUT2D eigenvalue weighted by Gasteiger charge is 2.46. The van der Waals surface area contributed by atoms with Gasteiger partial charge in [0, 0.05) is 29.2 Å². The summed E-state index contributed by atoms with van der Waals surface area (Å²) < 4.78 is 33.1. The van der Waals surface area contributed by atoms with Crippen molar-refractivity contribution < 1.29 is 22.4 Å². The number of benzene rings is 7. The fraction of sp³-hybridized carbons (Fsp3) is 0.133. The molecule has 0 bridgehead atoms. The quantitative estimate of drug-likeness (QED) is 0.150. The van der Waals surface area contributed by atoms with E-state index in [4.69, 9.17) is 27.4 Å². The first-order chi connectivity index (χ1) is 25.7.